The summed E-state index contributed by atoms with van der Waals surface area (Å²) < 4.78 is 26.0. The van der Waals surface area contributed by atoms with Gasteiger partial charge >= 0.3 is 0 Å². The molecule has 0 aliphatic rings. The molecule has 0 heterocycles. The first-order valence-corrected chi connectivity index (χ1v) is 10.8. The van der Waals surface area contributed by atoms with Gasteiger partial charge in [0.05, 0.1) is 9.79 Å². The van der Waals surface area contributed by atoms with E-state index in [0.717, 1.165) is 11.1 Å². The fraction of sp³-hybridized carbons (Fsp3) is 0.250. The van der Waals surface area contributed by atoms with Crippen LogP contribution in [-0.2, 0) is 21.3 Å². The fourth-order valence-electron chi connectivity index (χ4n) is 2.20. The maximum absolute atomic E-state index is 13.0. The summed E-state index contributed by atoms with van der Waals surface area (Å²) in [6.07, 6.45) is 3.95. The van der Waals surface area contributed by atoms with Crippen LogP contribution in [0.5, 0.6) is 0 Å². The van der Waals surface area contributed by atoms with E-state index < -0.39 is 9.84 Å². The third-order valence-electron chi connectivity index (χ3n) is 3.12. The standard InChI is InChI=1S/C16H18O2S3/c1-19-11-13-7-3-5-9-15(13)21(17,18)16-10-6-4-8-14(16)12-20-2/h3-10H,11-12H2,1-2H3. The van der Waals surface area contributed by atoms with E-state index in [1.54, 1.807) is 47.8 Å². The molecule has 0 saturated heterocycles. The molecule has 0 N–H and O–H groups in total. The molecule has 21 heavy (non-hydrogen) atoms. The molecule has 2 aromatic carbocycles. The Kier molecular flexibility index (Phi) is 5.79. The molecule has 0 unspecified atom stereocenters. The van der Waals surface area contributed by atoms with Crippen LogP contribution in [0, 0.1) is 0 Å². The SMILES string of the molecule is CSCc1ccccc1S(=O)(=O)c1ccccc1CSC. The summed E-state index contributed by atoms with van der Waals surface area (Å²) in [7, 11) is -3.47. The predicted molar refractivity (Wildman–Crippen MR) is 92.8 cm³/mol. The van der Waals surface area contributed by atoms with E-state index in [-0.39, 0.29) is 0 Å². The summed E-state index contributed by atoms with van der Waals surface area (Å²) in [6.45, 7) is 0. The molecule has 112 valence electrons. The Hall–Kier alpha value is -0.910. The largest absolute Gasteiger partial charge is 0.218 e. The third-order valence-corrected chi connectivity index (χ3v) is 6.28. The average Bonchev–Trinajstić information content (AvgIpc) is 2.49. The zero-order chi connectivity index (χ0) is 15.3. The Morgan fingerprint density at radius 3 is 1.52 bits per heavy atom. The highest BCUT2D eigenvalue weighted by Crippen LogP contribution is 2.29. The van der Waals surface area contributed by atoms with Gasteiger partial charge < -0.3 is 0 Å². The van der Waals surface area contributed by atoms with E-state index >= 15 is 0 Å². The summed E-state index contributed by atoms with van der Waals surface area (Å²) in [5.41, 5.74) is 1.73. The van der Waals surface area contributed by atoms with Crippen molar-refractivity contribution < 1.29 is 8.42 Å². The molecule has 0 aromatic heterocycles. The van der Waals surface area contributed by atoms with Crippen molar-refractivity contribution in [3.05, 3.63) is 59.7 Å². The van der Waals surface area contributed by atoms with Gasteiger partial charge in [0, 0.05) is 11.5 Å². The molecule has 5 heteroatoms. The molecule has 2 rings (SSSR count). The van der Waals surface area contributed by atoms with Crippen molar-refractivity contribution in [2.24, 2.45) is 0 Å². The maximum Gasteiger partial charge on any atom is 0.207 e. The van der Waals surface area contributed by atoms with Gasteiger partial charge in [0.2, 0.25) is 9.84 Å². The number of hydrogen-bond donors (Lipinski definition) is 0. The van der Waals surface area contributed by atoms with Crippen molar-refractivity contribution in [2.45, 2.75) is 21.3 Å². The quantitative estimate of drug-likeness (QED) is 0.789. The molecule has 0 saturated carbocycles. The molecule has 0 amide bonds. The van der Waals surface area contributed by atoms with Crippen LogP contribution >= 0.6 is 23.5 Å². The molecular weight excluding hydrogens is 320 g/mol. The minimum Gasteiger partial charge on any atom is -0.218 e. The van der Waals surface area contributed by atoms with Crippen molar-refractivity contribution >= 4 is 33.4 Å². The summed E-state index contributed by atoms with van der Waals surface area (Å²) in [5, 5.41) is 0. The number of hydrogen-bond acceptors (Lipinski definition) is 4. The summed E-state index contributed by atoms with van der Waals surface area (Å²) >= 11 is 3.25. The predicted octanol–water partition coefficient (Wildman–Crippen LogP) is 4.25. The molecule has 0 spiro atoms. The van der Waals surface area contributed by atoms with Crippen molar-refractivity contribution in [1.29, 1.82) is 0 Å². The van der Waals surface area contributed by atoms with Crippen LogP contribution in [0.2, 0.25) is 0 Å². The van der Waals surface area contributed by atoms with Gasteiger partial charge in [0.1, 0.15) is 0 Å². The highest BCUT2D eigenvalue weighted by Gasteiger charge is 2.23. The lowest BCUT2D eigenvalue weighted by Crippen LogP contribution is -2.07. The van der Waals surface area contributed by atoms with Gasteiger partial charge in [0.25, 0.3) is 0 Å². The number of rotatable bonds is 6. The van der Waals surface area contributed by atoms with E-state index in [1.165, 1.54) is 0 Å². The Bertz CT molecular complexity index is 653. The monoisotopic (exact) mass is 338 g/mol. The number of benzene rings is 2. The Balaban J connectivity index is 2.58. The Labute approximate surface area is 135 Å². The molecule has 0 fully saturated rings. The second kappa shape index (κ2) is 7.38. The van der Waals surface area contributed by atoms with Gasteiger partial charge in [-0.25, -0.2) is 8.42 Å². The van der Waals surface area contributed by atoms with Gasteiger partial charge in [-0.2, -0.15) is 23.5 Å². The van der Waals surface area contributed by atoms with Crippen LogP contribution in [0.4, 0.5) is 0 Å². The highest BCUT2D eigenvalue weighted by molar-refractivity contribution is 7.98. The zero-order valence-electron chi connectivity index (χ0n) is 12.1. The summed E-state index contributed by atoms with van der Waals surface area (Å²) in [4.78, 5) is 0.848. The van der Waals surface area contributed by atoms with E-state index in [4.69, 9.17) is 0 Å². The molecule has 0 aliphatic carbocycles. The Morgan fingerprint density at radius 2 is 1.14 bits per heavy atom. The average molecular weight is 339 g/mol. The summed E-state index contributed by atoms with van der Waals surface area (Å²) in [6, 6.07) is 14.5. The minimum atomic E-state index is -3.47. The lowest BCUT2D eigenvalue weighted by molar-refractivity contribution is 0.594. The van der Waals surface area contributed by atoms with Crippen molar-refractivity contribution in [3.63, 3.8) is 0 Å². The fourth-order valence-corrected chi connectivity index (χ4v) is 5.23. The van der Waals surface area contributed by atoms with Crippen molar-refractivity contribution in [1.82, 2.24) is 0 Å². The number of thioether (sulfide) groups is 2. The van der Waals surface area contributed by atoms with E-state index in [9.17, 15) is 8.42 Å². The van der Waals surface area contributed by atoms with Crippen LogP contribution in [0.3, 0.4) is 0 Å². The first-order valence-electron chi connectivity index (χ1n) is 6.50. The molecule has 0 radical (unpaired) electrons. The van der Waals surface area contributed by atoms with Gasteiger partial charge in [-0.05, 0) is 35.8 Å². The molecule has 0 bridgehead atoms. The summed E-state index contributed by atoms with van der Waals surface area (Å²) in [5.74, 6) is 1.39. The minimum absolute atomic E-state index is 0.424. The third kappa shape index (κ3) is 3.65. The molecule has 2 nitrogen and oxygen atoms in total. The smallest absolute Gasteiger partial charge is 0.207 e. The van der Waals surface area contributed by atoms with Gasteiger partial charge in [0.15, 0.2) is 0 Å². The molecule has 0 aliphatic heterocycles. The number of sulfone groups is 1. The second-order valence-electron chi connectivity index (χ2n) is 4.58. The van der Waals surface area contributed by atoms with Gasteiger partial charge in [-0.3, -0.25) is 0 Å². The molecular formula is C16H18O2S3. The van der Waals surface area contributed by atoms with Crippen LogP contribution in [0.1, 0.15) is 11.1 Å². The Morgan fingerprint density at radius 1 is 0.762 bits per heavy atom. The van der Waals surface area contributed by atoms with E-state index in [1.807, 2.05) is 36.8 Å². The van der Waals surface area contributed by atoms with Crippen molar-refractivity contribution in [2.75, 3.05) is 12.5 Å². The van der Waals surface area contributed by atoms with Crippen molar-refractivity contribution in [3.8, 4) is 0 Å². The van der Waals surface area contributed by atoms with Crippen LogP contribution in [-0.4, -0.2) is 20.9 Å². The second-order valence-corrected chi connectivity index (χ2v) is 8.20. The first-order chi connectivity index (χ1) is 10.1. The highest BCUT2D eigenvalue weighted by atomic mass is 32.2. The van der Waals surface area contributed by atoms with Crippen LogP contribution < -0.4 is 0 Å². The van der Waals surface area contributed by atoms with Gasteiger partial charge in [-0.1, -0.05) is 36.4 Å². The van der Waals surface area contributed by atoms with Crippen LogP contribution in [0.25, 0.3) is 0 Å². The van der Waals surface area contributed by atoms with E-state index in [2.05, 4.69) is 0 Å². The van der Waals surface area contributed by atoms with E-state index in [0.29, 0.717) is 21.3 Å². The maximum atomic E-state index is 13.0. The molecule has 2 aromatic rings. The lowest BCUT2D eigenvalue weighted by Gasteiger charge is -2.13. The zero-order valence-corrected chi connectivity index (χ0v) is 14.5. The van der Waals surface area contributed by atoms with Crippen LogP contribution in [0.15, 0.2) is 58.3 Å². The van der Waals surface area contributed by atoms with Gasteiger partial charge in [-0.15, -0.1) is 0 Å². The lowest BCUT2D eigenvalue weighted by atomic mass is 10.2. The topological polar surface area (TPSA) is 34.1 Å². The molecule has 0 atom stereocenters. The first kappa shape index (κ1) is 16.5. The normalized spacial score (nSPS) is 11.5.